The molecular formula is C29H38N2O6. The van der Waals surface area contributed by atoms with Gasteiger partial charge in [0.1, 0.15) is 23.2 Å². The first-order valence-electron chi connectivity index (χ1n) is 13.8. The van der Waals surface area contributed by atoms with Crippen LogP contribution < -0.4 is 10.6 Å². The maximum atomic E-state index is 13.5. The van der Waals surface area contributed by atoms with Gasteiger partial charge in [-0.3, -0.25) is 19.2 Å². The Morgan fingerprint density at radius 2 is 1.86 bits per heavy atom. The lowest BCUT2D eigenvalue weighted by Crippen LogP contribution is -2.42. The number of amides is 2. The largest absolute Gasteiger partial charge is 0.507 e. The first-order valence-corrected chi connectivity index (χ1v) is 13.8. The van der Waals surface area contributed by atoms with Gasteiger partial charge >= 0.3 is 0 Å². The lowest BCUT2D eigenvalue weighted by atomic mass is 9.63. The van der Waals surface area contributed by atoms with Crippen molar-refractivity contribution in [3.05, 3.63) is 35.6 Å². The average Bonchev–Trinajstić information content (AvgIpc) is 3.48. The summed E-state index contributed by atoms with van der Waals surface area (Å²) in [5.41, 5.74) is -0.372. The first-order chi connectivity index (χ1) is 17.7. The monoisotopic (exact) mass is 510 g/mol. The summed E-state index contributed by atoms with van der Waals surface area (Å²) in [6.07, 6.45) is 9.70. The number of hydrogen-bond donors (Lipinski definition) is 4. The Bertz CT molecular complexity index is 1080. The number of carbonyl (C=O) groups is 4. The summed E-state index contributed by atoms with van der Waals surface area (Å²) in [6.45, 7) is 4.68. The smallest absolute Gasteiger partial charge is 0.259 e. The van der Waals surface area contributed by atoms with Crippen LogP contribution in [0.2, 0.25) is 0 Å². The van der Waals surface area contributed by atoms with Crippen LogP contribution in [0.3, 0.4) is 0 Å². The molecule has 0 radical (unpaired) electrons. The van der Waals surface area contributed by atoms with E-state index < -0.39 is 29.6 Å². The van der Waals surface area contributed by atoms with E-state index in [-0.39, 0.29) is 53.9 Å². The molecule has 8 nitrogen and oxygen atoms in total. The Morgan fingerprint density at radius 3 is 2.62 bits per heavy atom. The predicted molar refractivity (Wildman–Crippen MR) is 136 cm³/mol. The molecular weight excluding hydrogens is 472 g/mol. The highest BCUT2D eigenvalue weighted by molar-refractivity contribution is 6.27. The number of fused-ring (bicyclic) bond motifs is 7. The quantitative estimate of drug-likeness (QED) is 0.401. The van der Waals surface area contributed by atoms with E-state index in [9.17, 15) is 29.4 Å². The summed E-state index contributed by atoms with van der Waals surface area (Å²) < 4.78 is 0. The minimum atomic E-state index is -1.20. The molecule has 2 aliphatic heterocycles. The van der Waals surface area contributed by atoms with E-state index in [0.717, 1.165) is 12.8 Å². The van der Waals surface area contributed by atoms with Crippen LogP contribution in [0.4, 0.5) is 0 Å². The van der Waals surface area contributed by atoms with E-state index >= 15 is 0 Å². The zero-order valence-corrected chi connectivity index (χ0v) is 21.6. The van der Waals surface area contributed by atoms with Gasteiger partial charge in [0, 0.05) is 18.9 Å². The van der Waals surface area contributed by atoms with Crippen molar-refractivity contribution in [1.29, 1.82) is 0 Å². The van der Waals surface area contributed by atoms with Gasteiger partial charge in [0.25, 0.3) is 5.91 Å². The van der Waals surface area contributed by atoms with Crippen molar-refractivity contribution in [2.75, 3.05) is 6.54 Å². The van der Waals surface area contributed by atoms with E-state index in [2.05, 4.69) is 24.5 Å². The maximum Gasteiger partial charge on any atom is 0.259 e. The van der Waals surface area contributed by atoms with Crippen LogP contribution in [0.1, 0.15) is 52.4 Å². The van der Waals surface area contributed by atoms with Crippen LogP contribution in [0.15, 0.2) is 35.6 Å². The summed E-state index contributed by atoms with van der Waals surface area (Å²) in [6, 6.07) is -1.17. The predicted octanol–water partition coefficient (Wildman–Crippen LogP) is 2.39. The molecule has 3 aliphatic carbocycles. The first kappa shape index (κ1) is 25.9. The van der Waals surface area contributed by atoms with Crippen LogP contribution in [0, 0.1) is 47.3 Å². The molecule has 0 spiro atoms. The molecule has 2 amide bonds. The molecule has 0 aromatic carbocycles. The van der Waals surface area contributed by atoms with Gasteiger partial charge in [-0.2, -0.15) is 0 Å². The van der Waals surface area contributed by atoms with Gasteiger partial charge in [0.05, 0.1) is 6.10 Å². The molecule has 2 heterocycles. The number of rotatable bonds is 1. The third kappa shape index (κ3) is 4.58. The van der Waals surface area contributed by atoms with Crippen molar-refractivity contribution in [3.63, 3.8) is 0 Å². The molecule has 10 unspecified atom stereocenters. The second-order valence-corrected chi connectivity index (χ2v) is 11.7. The lowest BCUT2D eigenvalue weighted by Gasteiger charge is -2.40. The molecule has 4 fully saturated rings. The molecule has 5 rings (SSSR count). The van der Waals surface area contributed by atoms with Crippen molar-refractivity contribution < 1.29 is 29.4 Å². The molecule has 10 atom stereocenters. The van der Waals surface area contributed by atoms with Crippen molar-refractivity contribution >= 4 is 23.4 Å². The van der Waals surface area contributed by atoms with E-state index in [1.165, 1.54) is 18.6 Å². The Morgan fingerprint density at radius 1 is 1.08 bits per heavy atom. The molecule has 0 aromatic rings. The van der Waals surface area contributed by atoms with Crippen LogP contribution in [0.25, 0.3) is 0 Å². The molecule has 200 valence electrons. The van der Waals surface area contributed by atoms with Gasteiger partial charge in [-0.25, -0.2) is 0 Å². The number of nitrogens with one attached hydrogen (secondary N) is 2. The number of Topliss-reactive ketones (excluding diaryl/α,β-unsaturated/α-hetero) is 2. The summed E-state index contributed by atoms with van der Waals surface area (Å²) >= 11 is 0. The SMILES string of the molecule is CCC1CC2CC3C4C/C=C\C(=O)NCCC(O)C5NC(=O)/C(=C(O)\C=C\C4CC(=O)C3C2C1C)C5=O. The maximum absolute atomic E-state index is 13.5. The number of allylic oxidation sites excluding steroid dienone is 3. The minimum Gasteiger partial charge on any atom is -0.507 e. The van der Waals surface area contributed by atoms with Gasteiger partial charge in [-0.1, -0.05) is 32.4 Å². The minimum absolute atomic E-state index is 0.0374. The second-order valence-electron chi connectivity index (χ2n) is 11.7. The highest BCUT2D eigenvalue weighted by Gasteiger charge is 2.58. The zero-order chi connectivity index (χ0) is 26.4. The summed E-state index contributed by atoms with van der Waals surface area (Å²) in [5.74, 6) is 0.507. The third-order valence-electron chi connectivity index (χ3n) is 9.99. The summed E-state index contributed by atoms with van der Waals surface area (Å²) in [5, 5.41) is 26.3. The summed E-state index contributed by atoms with van der Waals surface area (Å²) in [4.78, 5) is 51.2. The Kier molecular flexibility index (Phi) is 7.14. The molecule has 4 N–H and O–H groups in total. The lowest BCUT2D eigenvalue weighted by molar-refractivity contribution is -0.131. The molecule has 5 aliphatic rings. The Labute approximate surface area is 217 Å². The fourth-order valence-electron chi connectivity index (χ4n) is 8.25. The van der Waals surface area contributed by atoms with Crippen molar-refractivity contribution in [2.24, 2.45) is 47.3 Å². The Hall–Kier alpha value is -2.74. The molecule has 8 heteroatoms. The number of carbonyl (C=O) groups excluding carboxylic acids is 4. The number of aliphatic hydroxyl groups is 2. The topological polar surface area (TPSA) is 133 Å². The number of ketones is 2. The van der Waals surface area contributed by atoms with E-state index in [0.29, 0.717) is 36.5 Å². The van der Waals surface area contributed by atoms with E-state index in [1.54, 1.807) is 6.08 Å². The van der Waals surface area contributed by atoms with Crippen LogP contribution in [-0.2, 0) is 19.2 Å². The zero-order valence-electron chi connectivity index (χ0n) is 21.6. The van der Waals surface area contributed by atoms with Gasteiger partial charge < -0.3 is 20.8 Å². The highest BCUT2D eigenvalue weighted by Crippen LogP contribution is 2.61. The van der Waals surface area contributed by atoms with Crippen molar-refractivity contribution in [3.8, 4) is 0 Å². The van der Waals surface area contributed by atoms with E-state index in [4.69, 9.17) is 0 Å². The fraction of sp³-hybridized carbons (Fsp3) is 0.655. The number of aliphatic hydroxyl groups excluding tert-OH is 2. The van der Waals surface area contributed by atoms with Crippen LogP contribution in [0.5, 0.6) is 0 Å². The average molecular weight is 511 g/mol. The van der Waals surface area contributed by atoms with Gasteiger partial charge in [0.2, 0.25) is 5.91 Å². The second kappa shape index (κ2) is 10.2. The standard InChI is InChI=1S/C29H38N2O6/c1-3-15-11-17-12-19-18-5-4-6-23(35)30-10-9-21(33)27-28(36)26(29(37)31-27)20(32)8-7-16(18)13-22(34)25(19)24(17)14(15)2/h4,6-8,14-19,21,24-25,27,32-33H,3,5,9-13H2,1-2H3,(H,30,35)(H,31,37)/b6-4-,8-7+,26-20+. The van der Waals surface area contributed by atoms with Crippen molar-refractivity contribution in [1.82, 2.24) is 10.6 Å². The molecule has 37 heavy (non-hydrogen) atoms. The molecule has 0 aromatic heterocycles. The molecule has 1 saturated heterocycles. The molecule has 3 saturated carbocycles. The highest BCUT2D eigenvalue weighted by atomic mass is 16.3. The normalized spacial score (nSPS) is 46.0. The number of hydrogen-bond acceptors (Lipinski definition) is 6. The Balaban J connectivity index is 1.47. The molecule has 2 bridgehead atoms. The van der Waals surface area contributed by atoms with Gasteiger partial charge in [0.15, 0.2) is 5.78 Å². The van der Waals surface area contributed by atoms with E-state index in [1.807, 2.05) is 6.08 Å². The van der Waals surface area contributed by atoms with Gasteiger partial charge in [-0.05, 0) is 79.3 Å². The van der Waals surface area contributed by atoms with Gasteiger partial charge in [-0.15, -0.1) is 0 Å². The van der Waals surface area contributed by atoms with Crippen molar-refractivity contribution in [2.45, 2.75) is 64.5 Å². The fourth-order valence-corrected chi connectivity index (χ4v) is 8.25. The third-order valence-corrected chi connectivity index (χ3v) is 9.99. The van der Waals surface area contributed by atoms with Crippen LogP contribution >= 0.6 is 0 Å². The van der Waals surface area contributed by atoms with Crippen LogP contribution in [-0.4, -0.2) is 52.3 Å². The summed E-state index contributed by atoms with van der Waals surface area (Å²) in [7, 11) is 0.